The van der Waals surface area contributed by atoms with Gasteiger partial charge < -0.3 is 5.11 Å². The van der Waals surface area contributed by atoms with E-state index in [1.165, 1.54) is 6.07 Å². The Morgan fingerprint density at radius 3 is 2.65 bits per heavy atom. The summed E-state index contributed by atoms with van der Waals surface area (Å²) in [6, 6.07) is 8.17. The van der Waals surface area contributed by atoms with Crippen LogP contribution in [0.5, 0.6) is 0 Å². The molecule has 2 aromatic rings. The Balaban J connectivity index is 1.93. The number of benzene rings is 1. The van der Waals surface area contributed by atoms with Crippen molar-refractivity contribution in [3.63, 3.8) is 0 Å². The number of aromatic nitrogens is 2. The number of nitrogens with zero attached hydrogens (tertiary/aromatic N) is 3. The average Bonchev–Trinajstić information content (AvgIpc) is 3.20. The van der Waals surface area contributed by atoms with Crippen molar-refractivity contribution in [3.8, 4) is 11.3 Å². The topological polar surface area (TPSA) is 81.6 Å². The van der Waals surface area contributed by atoms with Crippen LogP contribution in [0.1, 0.15) is 16.9 Å². The van der Waals surface area contributed by atoms with E-state index in [2.05, 4.69) is 31.2 Å². The van der Waals surface area contributed by atoms with Gasteiger partial charge in [0.05, 0.1) is 5.69 Å². The second-order valence-corrected chi connectivity index (χ2v) is 6.46. The molecule has 11 heteroatoms. The number of aromatic amines is 1. The maximum Gasteiger partial charge on any atom is 0.294 e. The predicted molar refractivity (Wildman–Crippen MR) is 86.9 cm³/mol. The molecule has 0 bridgehead atoms. The number of halogens is 5. The highest BCUT2D eigenvalue weighted by molar-refractivity contribution is 9.10. The number of alkyl halides is 4. The van der Waals surface area contributed by atoms with Gasteiger partial charge in [0.25, 0.3) is 18.8 Å². The summed E-state index contributed by atoms with van der Waals surface area (Å²) in [5, 5.41) is 19.4. The lowest BCUT2D eigenvalue weighted by molar-refractivity contribution is -0.164. The van der Waals surface area contributed by atoms with Gasteiger partial charge in [-0.3, -0.25) is 9.89 Å². The zero-order valence-electron chi connectivity index (χ0n) is 12.8. The van der Waals surface area contributed by atoms with E-state index >= 15 is 0 Å². The first kappa shape index (κ1) is 18.5. The normalized spacial score (nSPS) is 20.2. The molecular formula is C15H11BrF4N4O2. The minimum Gasteiger partial charge on any atom is -0.364 e. The molecule has 1 atom stereocenters. The third kappa shape index (κ3) is 3.23. The van der Waals surface area contributed by atoms with Crippen molar-refractivity contribution in [1.82, 2.24) is 15.2 Å². The van der Waals surface area contributed by atoms with E-state index in [1.54, 1.807) is 24.3 Å². The van der Waals surface area contributed by atoms with Gasteiger partial charge in [0.1, 0.15) is 11.4 Å². The van der Waals surface area contributed by atoms with E-state index in [0.29, 0.717) is 11.3 Å². The highest BCUT2D eigenvalue weighted by atomic mass is 79.9. The molecule has 0 saturated heterocycles. The van der Waals surface area contributed by atoms with E-state index in [1.807, 2.05) is 0 Å². The first-order valence-corrected chi connectivity index (χ1v) is 8.03. The molecule has 0 aliphatic carbocycles. The Labute approximate surface area is 152 Å². The van der Waals surface area contributed by atoms with Gasteiger partial charge in [-0.05, 0) is 18.2 Å². The van der Waals surface area contributed by atoms with Crippen LogP contribution in [0.25, 0.3) is 11.3 Å². The van der Waals surface area contributed by atoms with Crippen molar-refractivity contribution in [2.24, 2.45) is 5.10 Å². The maximum absolute atomic E-state index is 13.2. The van der Waals surface area contributed by atoms with Crippen LogP contribution >= 0.6 is 15.9 Å². The molecule has 2 N–H and O–H groups in total. The van der Waals surface area contributed by atoms with E-state index in [0.717, 1.165) is 4.47 Å². The number of carbonyl (C=O) groups is 1. The fourth-order valence-corrected chi connectivity index (χ4v) is 2.84. The molecule has 0 spiro atoms. The molecule has 0 radical (unpaired) electrons. The van der Waals surface area contributed by atoms with Crippen LogP contribution in [-0.2, 0) is 0 Å². The first-order valence-electron chi connectivity index (χ1n) is 7.24. The summed E-state index contributed by atoms with van der Waals surface area (Å²) in [7, 11) is 0. The molecule has 0 fully saturated rings. The lowest BCUT2D eigenvalue weighted by Gasteiger charge is -2.29. The maximum atomic E-state index is 13.2. The summed E-state index contributed by atoms with van der Waals surface area (Å²) in [6.45, 7) is 0. The summed E-state index contributed by atoms with van der Waals surface area (Å²) in [4.78, 5) is 12.4. The zero-order chi connectivity index (χ0) is 19.1. The first-order chi connectivity index (χ1) is 12.2. The summed E-state index contributed by atoms with van der Waals surface area (Å²) in [5.74, 6) is -1.20. The highest BCUT2D eigenvalue weighted by Gasteiger charge is 2.53. The number of rotatable bonds is 4. The van der Waals surface area contributed by atoms with Crippen molar-refractivity contribution < 1.29 is 27.5 Å². The van der Waals surface area contributed by atoms with Crippen LogP contribution in [0.15, 0.2) is 39.9 Å². The zero-order valence-corrected chi connectivity index (χ0v) is 14.4. The molecule has 1 unspecified atom stereocenters. The fourth-order valence-electron chi connectivity index (χ4n) is 2.44. The minimum absolute atomic E-state index is 0.0165. The SMILES string of the molecule is O=C(c1cc(-c2cccc(Br)c2)n[nH]1)N1N=C(C(F)F)CC1(O)C(F)F. The molecule has 1 aliphatic rings. The molecule has 3 rings (SSSR count). The van der Waals surface area contributed by atoms with Gasteiger partial charge in [-0.25, -0.2) is 17.6 Å². The minimum atomic E-state index is -3.49. The van der Waals surface area contributed by atoms with Gasteiger partial charge >= 0.3 is 0 Å². The summed E-state index contributed by atoms with van der Waals surface area (Å²) in [6.07, 6.45) is -7.79. The van der Waals surface area contributed by atoms with Crippen molar-refractivity contribution in [2.75, 3.05) is 0 Å². The molecule has 138 valence electrons. The predicted octanol–water partition coefficient (Wildman–Crippen LogP) is 3.26. The van der Waals surface area contributed by atoms with Crippen LogP contribution in [0, 0.1) is 0 Å². The third-order valence-corrected chi connectivity index (χ3v) is 4.25. The Bertz CT molecular complexity index is 873. The Hall–Kier alpha value is -2.27. The number of H-pyrrole nitrogens is 1. The van der Waals surface area contributed by atoms with E-state index in [4.69, 9.17) is 0 Å². The van der Waals surface area contributed by atoms with E-state index < -0.39 is 36.6 Å². The van der Waals surface area contributed by atoms with Gasteiger partial charge in [0.15, 0.2) is 0 Å². The number of amides is 1. The number of nitrogens with one attached hydrogen (secondary N) is 1. The van der Waals surface area contributed by atoms with Crippen LogP contribution in [0.4, 0.5) is 17.6 Å². The Morgan fingerprint density at radius 1 is 1.31 bits per heavy atom. The molecular weight excluding hydrogens is 424 g/mol. The lowest BCUT2D eigenvalue weighted by atomic mass is 10.1. The standard InChI is InChI=1S/C15H11BrF4N4O2/c16-8-3-1-2-7(4-8)9-5-10(22-21-9)13(25)24-15(26,14(19)20)6-11(23-24)12(17)18/h1-5,12,14,26H,6H2,(H,21,22). The average molecular weight is 435 g/mol. The molecule has 1 amide bonds. The number of hydrazone groups is 1. The Morgan fingerprint density at radius 2 is 2.04 bits per heavy atom. The number of aliphatic hydroxyl groups is 1. The largest absolute Gasteiger partial charge is 0.364 e. The van der Waals surface area contributed by atoms with Crippen molar-refractivity contribution in [2.45, 2.75) is 25.0 Å². The third-order valence-electron chi connectivity index (χ3n) is 3.76. The number of hydrogen-bond donors (Lipinski definition) is 2. The van der Waals surface area contributed by atoms with Crippen LogP contribution in [-0.4, -0.2) is 50.5 Å². The molecule has 0 saturated carbocycles. The Kier molecular flexibility index (Phi) is 4.84. The molecule has 2 heterocycles. The van der Waals surface area contributed by atoms with Crippen molar-refractivity contribution >= 4 is 27.5 Å². The fraction of sp³-hybridized carbons (Fsp3) is 0.267. The van der Waals surface area contributed by atoms with Gasteiger partial charge in [-0.1, -0.05) is 28.1 Å². The quantitative estimate of drug-likeness (QED) is 0.724. The van der Waals surface area contributed by atoms with Crippen LogP contribution in [0.2, 0.25) is 0 Å². The smallest absolute Gasteiger partial charge is 0.294 e. The second-order valence-electron chi connectivity index (χ2n) is 5.54. The van der Waals surface area contributed by atoms with E-state index in [-0.39, 0.29) is 10.7 Å². The summed E-state index contributed by atoms with van der Waals surface area (Å²) in [5.41, 5.74) is -3.46. The summed E-state index contributed by atoms with van der Waals surface area (Å²) >= 11 is 3.28. The number of hydrogen-bond acceptors (Lipinski definition) is 4. The highest BCUT2D eigenvalue weighted by Crippen LogP contribution is 2.34. The molecule has 1 aliphatic heterocycles. The van der Waals surface area contributed by atoms with Crippen LogP contribution in [0.3, 0.4) is 0 Å². The second kappa shape index (κ2) is 6.80. The molecule has 1 aromatic heterocycles. The van der Waals surface area contributed by atoms with Gasteiger partial charge in [0.2, 0.25) is 5.72 Å². The lowest BCUT2D eigenvalue weighted by Crippen LogP contribution is -2.51. The molecule has 1 aromatic carbocycles. The monoisotopic (exact) mass is 434 g/mol. The number of carbonyl (C=O) groups excluding carboxylic acids is 1. The van der Waals surface area contributed by atoms with Gasteiger partial charge in [-0.2, -0.15) is 15.2 Å². The summed E-state index contributed by atoms with van der Waals surface area (Å²) < 4.78 is 52.8. The molecule has 6 nitrogen and oxygen atoms in total. The van der Waals surface area contributed by atoms with Gasteiger partial charge in [0, 0.05) is 16.5 Å². The van der Waals surface area contributed by atoms with E-state index in [9.17, 15) is 27.5 Å². The van der Waals surface area contributed by atoms with Gasteiger partial charge in [-0.15, -0.1) is 0 Å². The molecule has 26 heavy (non-hydrogen) atoms. The van der Waals surface area contributed by atoms with Crippen molar-refractivity contribution in [3.05, 3.63) is 40.5 Å². The van der Waals surface area contributed by atoms with Crippen molar-refractivity contribution in [1.29, 1.82) is 0 Å². The van der Waals surface area contributed by atoms with Crippen LogP contribution < -0.4 is 0 Å².